The minimum absolute atomic E-state index is 0.112. The van der Waals surface area contributed by atoms with Crippen molar-refractivity contribution in [3.05, 3.63) is 66.1 Å². The van der Waals surface area contributed by atoms with Crippen LogP contribution in [0.15, 0.2) is 59.6 Å². The van der Waals surface area contributed by atoms with E-state index in [9.17, 15) is 9.18 Å². The van der Waals surface area contributed by atoms with E-state index in [1.807, 2.05) is 39.9 Å². The Labute approximate surface area is 161 Å². The Morgan fingerprint density at radius 3 is 2.74 bits per heavy atom. The van der Waals surface area contributed by atoms with Gasteiger partial charge in [0.15, 0.2) is 0 Å². The molecule has 0 radical (unpaired) electrons. The second-order valence-corrected chi connectivity index (χ2v) is 7.57. The van der Waals surface area contributed by atoms with Crippen molar-refractivity contribution in [2.45, 2.75) is 17.2 Å². The van der Waals surface area contributed by atoms with Gasteiger partial charge in [-0.3, -0.25) is 4.79 Å². The molecule has 1 aliphatic heterocycles. The normalized spacial score (nSPS) is 14.6. The lowest BCUT2D eigenvalue weighted by Crippen LogP contribution is -2.42. The fourth-order valence-electron chi connectivity index (χ4n) is 3.31. The van der Waals surface area contributed by atoms with Gasteiger partial charge in [-0.15, -0.1) is 11.8 Å². The van der Waals surface area contributed by atoms with Gasteiger partial charge in [-0.2, -0.15) is 0 Å². The molecule has 1 amide bonds. The van der Waals surface area contributed by atoms with Gasteiger partial charge in [0, 0.05) is 40.8 Å². The van der Waals surface area contributed by atoms with Crippen molar-refractivity contribution in [3.8, 4) is 0 Å². The van der Waals surface area contributed by atoms with Crippen LogP contribution in [0.4, 0.5) is 4.39 Å². The highest BCUT2D eigenvalue weighted by atomic mass is 32.2. The number of fused-ring (bicyclic) bond motifs is 1. The zero-order chi connectivity index (χ0) is 18.6. The zero-order valence-corrected chi connectivity index (χ0v) is 15.8. The molecule has 6 heteroatoms. The van der Waals surface area contributed by atoms with Gasteiger partial charge >= 0.3 is 0 Å². The van der Waals surface area contributed by atoms with Crippen molar-refractivity contribution >= 4 is 28.6 Å². The molecule has 1 saturated heterocycles. The quantitative estimate of drug-likeness (QED) is 0.625. The molecule has 140 valence electrons. The SMILES string of the molecule is O=C(Cn1cc(SCc2cccc(F)c2)c2ccccc21)N1CCOCC1. The minimum atomic E-state index is -0.216. The van der Waals surface area contributed by atoms with Crippen LogP contribution in [0.5, 0.6) is 0 Å². The number of para-hydroxylation sites is 1. The van der Waals surface area contributed by atoms with Crippen molar-refractivity contribution < 1.29 is 13.9 Å². The number of aromatic nitrogens is 1. The maximum atomic E-state index is 13.4. The molecule has 0 atom stereocenters. The van der Waals surface area contributed by atoms with Crippen LogP contribution < -0.4 is 0 Å². The highest BCUT2D eigenvalue weighted by molar-refractivity contribution is 7.98. The number of amides is 1. The number of morpholine rings is 1. The third kappa shape index (κ3) is 4.17. The number of ether oxygens (including phenoxy) is 1. The summed E-state index contributed by atoms with van der Waals surface area (Å²) in [5.74, 6) is 0.579. The predicted octanol–water partition coefficient (Wildman–Crippen LogP) is 3.93. The topological polar surface area (TPSA) is 34.5 Å². The van der Waals surface area contributed by atoms with Crippen LogP contribution in [0.3, 0.4) is 0 Å². The van der Waals surface area contributed by atoms with Gasteiger partial charge in [0.2, 0.25) is 5.91 Å². The minimum Gasteiger partial charge on any atom is -0.378 e. The van der Waals surface area contributed by atoms with Crippen LogP contribution in [0.1, 0.15) is 5.56 Å². The monoisotopic (exact) mass is 384 g/mol. The average Bonchev–Trinajstić information content (AvgIpc) is 3.05. The van der Waals surface area contributed by atoms with E-state index < -0.39 is 0 Å². The van der Waals surface area contributed by atoms with Crippen LogP contribution in [0.25, 0.3) is 10.9 Å². The molecule has 0 unspecified atom stereocenters. The van der Waals surface area contributed by atoms with E-state index in [0.717, 1.165) is 21.4 Å². The first-order valence-corrected chi connectivity index (χ1v) is 10.00. The maximum absolute atomic E-state index is 13.4. The Kier molecular flexibility index (Phi) is 5.45. The number of benzene rings is 2. The molecule has 4 rings (SSSR count). The zero-order valence-electron chi connectivity index (χ0n) is 14.9. The fourth-order valence-corrected chi connectivity index (χ4v) is 4.34. The van der Waals surface area contributed by atoms with Crippen LogP contribution in [-0.2, 0) is 21.8 Å². The van der Waals surface area contributed by atoms with E-state index in [1.165, 1.54) is 6.07 Å². The summed E-state index contributed by atoms with van der Waals surface area (Å²) in [5, 5.41) is 1.12. The lowest BCUT2D eigenvalue weighted by Gasteiger charge is -2.27. The van der Waals surface area contributed by atoms with Crippen molar-refractivity contribution in [2.24, 2.45) is 0 Å². The predicted molar refractivity (Wildman–Crippen MR) is 105 cm³/mol. The van der Waals surface area contributed by atoms with E-state index >= 15 is 0 Å². The lowest BCUT2D eigenvalue weighted by atomic mass is 10.2. The van der Waals surface area contributed by atoms with Gasteiger partial charge in [0.05, 0.1) is 13.2 Å². The van der Waals surface area contributed by atoms with E-state index in [2.05, 4.69) is 6.07 Å². The van der Waals surface area contributed by atoms with Crippen LogP contribution >= 0.6 is 11.8 Å². The summed E-state index contributed by atoms with van der Waals surface area (Å²) in [4.78, 5) is 15.6. The van der Waals surface area contributed by atoms with E-state index in [1.54, 1.807) is 23.9 Å². The standard InChI is InChI=1S/C21H21FN2O2S/c22-17-5-3-4-16(12-17)15-27-20-13-24(19-7-2-1-6-18(19)20)14-21(25)23-8-10-26-11-9-23/h1-7,12-13H,8-11,14-15H2. The number of hydrogen-bond acceptors (Lipinski definition) is 3. The molecule has 27 heavy (non-hydrogen) atoms. The number of halogens is 1. The first-order valence-electron chi connectivity index (χ1n) is 9.01. The Balaban J connectivity index is 1.54. The first-order chi connectivity index (χ1) is 13.2. The molecule has 0 N–H and O–H groups in total. The molecule has 3 aromatic rings. The van der Waals surface area contributed by atoms with E-state index in [0.29, 0.717) is 38.6 Å². The van der Waals surface area contributed by atoms with Crippen LogP contribution in [-0.4, -0.2) is 41.7 Å². The Bertz CT molecular complexity index is 950. The first kappa shape index (κ1) is 18.1. The molecule has 4 nitrogen and oxygen atoms in total. The van der Waals surface area contributed by atoms with Gasteiger partial charge in [-0.25, -0.2) is 4.39 Å². The third-order valence-corrected chi connectivity index (χ3v) is 5.82. The Morgan fingerprint density at radius 1 is 1.11 bits per heavy atom. The summed E-state index contributed by atoms with van der Waals surface area (Å²) in [6.07, 6.45) is 2.03. The average molecular weight is 384 g/mol. The van der Waals surface area contributed by atoms with Crippen molar-refractivity contribution in [1.82, 2.24) is 9.47 Å². The summed E-state index contributed by atoms with van der Waals surface area (Å²) in [5.41, 5.74) is 1.99. The molecule has 2 aromatic carbocycles. The smallest absolute Gasteiger partial charge is 0.242 e. The molecule has 1 aromatic heterocycles. The van der Waals surface area contributed by atoms with Gasteiger partial charge < -0.3 is 14.2 Å². The number of carbonyl (C=O) groups excluding carboxylic acids is 1. The summed E-state index contributed by atoms with van der Waals surface area (Å²) >= 11 is 1.66. The number of thioether (sulfide) groups is 1. The van der Waals surface area contributed by atoms with Gasteiger partial charge in [-0.05, 0) is 23.8 Å². The fraction of sp³-hybridized carbons (Fsp3) is 0.286. The summed E-state index contributed by atoms with van der Waals surface area (Å²) in [6.45, 7) is 2.83. The second kappa shape index (κ2) is 8.15. The van der Waals surface area contributed by atoms with Crippen LogP contribution in [0.2, 0.25) is 0 Å². The molecular weight excluding hydrogens is 363 g/mol. The second-order valence-electron chi connectivity index (χ2n) is 6.55. The van der Waals surface area contributed by atoms with Crippen LogP contribution in [0, 0.1) is 5.82 Å². The number of rotatable bonds is 5. The van der Waals surface area contributed by atoms with Gasteiger partial charge in [0.1, 0.15) is 12.4 Å². The Morgan fingerprint density at radius 2 is 1.93 bits per heavy atom. The molecule has 0 spiro atoms. The molecule has 1 fully saturated rings. The number of nitrogens with zero attached hydrogens (tertiary/aromatic N) is 2. The van der Waals surface area contributed by atoms with E-state index in [-0.39, 0.29) is 11.7 Å². The summed E-state index contributed by atoms with van der Waals surface area (Å²) < 4.78 is 20.7. The van der Waals surface area contributed by atoms with Crippen molar-refractivity contribution in [2.75, 3.05) is 26.3 Å². The molecular formula is C21H21FN2O2S. The van der Waals surface area contributed by atoms with Gasteiger partial charge in [0.25, 0.3) is 0 Å². The highest BCUT2D eigenvalue weighted by Gasteiger charge is 2.18. The van der Waals surface area contributed by atoms with Crippen molar-refractivity contribution in [3.63, 3.8) is 0 Å². The highest BCUT2D eigenvalue weighted by Crippen LogP contribution is 2.32. The van der Waals surface area contributed by atoms with Gasteiger partial charge in [-0.1, -0.05) is 30.3 Å². The number of carbonyl (C=O) groups is 1. The third-order valence-electron chi connectivity index (χ3n) is 4.70. The lowest BCUT2D eigenvalue weighted by molar-refractivity contribution is -0.135. The number of hydrogen-bond donors (Lipinski definition) is 0. The van der Waals surface area contributed by atoms with Crippen molar-refractivity contribution in [1.29, 1.82) is 0 Å². The summed E-state index contributed by atoms with van der Waals surface area (Å²) in [6, 6.07) is 14.8. The largest absolute Gasteiger partial charge is 0.378 e. The molecule has 2 heterocycles. The van der Waals surface area contributed by atoms with E-state index in [4.69, 9.17) is 4.74 Å². The molecule has 0 aliphatic carbocycles. The maximum Gasteiger partial charge on any atom is 0.242 e. The molecule has 0 saturated carbocycles. The molecule has 0 bridgehead atoms. The molecule has 1 aliphatic rings. The summed E-state index contributed by atoms with van der Waals surface area (Å²) in [7, 11) is 0. The Hall–Kier alpha value is -2.31.